The lowest BCUT2D eigenvalue weighted by Gasteiger charge is -2.34. The predicted molar refractivity (Wildman–Crippen MR) is 82.1 cm³/mol. The van der Waals surface area contributed by atoms with Crippen LogP contribution in [0.1, 0.15) is 30.1 Å². The third-order valence-corrected chi connectivity index (χ3v) is 4.14. The zero-order valence-corrected chi connectivity index (χ0v) is 13.0. The van der Waals surface area contributed by atoms with E-state index in [1.165, 1.54) is 0 Å². The Morgan fingerprint density at radius 2 is 2.00 bits per heavy atom. The van der Waals surface area contributed by atoms with Gasteiger partial charge in [0.2, 0.25) is 0 Å². The van der Waals surface area contributed by atoms with Gasteiger partial charge in [0.25, 0.3) is 5.91 Å². The van der Waals surface area contributed by atoms with Gasteiger partial charge < -0.3 is 20.1 Å². The molecule has 0 aromatic heterocycles. The number of benzene rings is 1. The summed E-state index contributed by atoms with van der Waals surface area (Å²) < 4.78 is 10.4. The van der Waals surface area contributed by atoms with Gasteiger partial charge in [-0.25, -0.2) is 0 Å². The molecule has 5 nitrogen and oxygen atoms in total. The molecule has 0 saturated carbocycles. The number of hydrogen-bond acceptors (Lipinski definition) is 4. The van der Waals surface area contributed by atoms with E-state index < -0.39 is 0 Å². The summed E-state index contributed by atoms with van der Waals surface area (Å²) in [5.74, 6) is 1.09. The highest BCUT2D eigenvalue weighted by atomic mass is 16.5. The van der Waals surface area contributed by atoms with Crippen LogP contribution in [-0.2, 0) is 0 Å². The molecule has 1 aromatic rings. The molecule has 1 aromatic carbocycles. The van der Waals surface area contributed by atoms with Gasteiger partial charge in [-0.2, -0.15) is 0 Å². The van der Waals surface area contributed by atoms with Crippen LogP contribution in [0.15, 0.2) is 18.2 Å². The van der Waals surface area contributed by atoms with Gasteiger partial charge in [-0.15, -0.1) is 0 Å². The molecule has 0 radical (unpaired) electrons. The van der Waals surface area contributed by atoms with Crippen molar-refractivity contribution in [3.05, 3.63) is 23.8 Å². The lowest BCUT2D eigenvalue weighted by Crippen LogP contribution is -2.42. The van der Waals surface area contributed by atoms with Crippen molar-refractivity contribution in [2.24, 2.45) is 5.41 Å². The molecule has 5 heteroatoms. The molecule has 1 aliphatic rings. The molecule has 2 N–H and O–H groups in total. The number of methoxy groups -OCH3 is 2. The minimum atomic E-state index is -0.120. The number of carbonyl (C=O) groups excluding carboxylic acids is 1. The SMILES string of the molecule is COc1ccc(OC)c(C(=O)NCC2(C)CCNCC2)c1. The molecule has 1 fully saturated rings. The van der Waals surface area contributed by atoms with Crippen LogP contribution in [0.5, 0.6) is 11.5 Å². The van der Waals surface area contributed by atoms with Crippen molar-refractivity contribution in [3.63, 3.8) is 0 Å². The van der Waals surface area contributed by atoms with Crippen LogP contribution in [0.2, 0.25) is 0 Å². The lowest BCUT2D eigenvalue weighted by atomic mass is 9.81. The normalized spacial score (nSPS) is 17.1. The maximum Gasteiger partial charge on any atom is 0.255 e. The van der Waals surface area contributed by atoms with Crippen LogP contribution < -0.4 is 20.1 Å². The maximum atomic E-state index is 12.4. The predicted octanol–water partition coefficient (Wildman–Crippen LogP) is 1.82. The van der Waals surface area contributed by atoms with E-state index in [1.54, 1.807) is 32.4 Å². The van der Waals surface area contributed by atoms with Gasteiger partial charge >= 0.3 is 0 Å². The Bertz CT molecular complexity index is 496. The summed E-state index contributed by atoms with van der Waals surface area (Å²) in [5.41, 5.74) is 0.668. The van der Waals surface area contributed by atoms with Gasteiger partial charge in [0, 0.05) is 6.54 Å². The molecule has 1 heterocycles. The van der Waals surface area contributed by atoms with Crippen LogP contribution in [0.4, 0.5) is 0 Å². The quantitative estimate of drug-likeness (QED) is 0.869. The highest BCUT2D eigenvalue weighted by Gasteiger charge is 2.27. The molecule has 0 aliphatic carbocycles. The third-order valence-electron chi connectivity index (χ3n) is 4.14. The summed E-state index contributed by atoms with van der Waals surface area (Å²) in [5, 5.41) is 6.38. The summed E-state index contributed by atoms with van der Waals surface area (Å²) in [6.45, 7) is 4.91. The Balaban J connectivity index is 2.05. The molecule has 1 saturated heterocycles. The second kappa shape index (κ2) is 6.80. The summed E-state index contributed by atoms with van der Waals surface area (Å²) in [6, 6.07) is 5.24. The van der Waals surface area contributed by atoms with Gasteiger partial charge in [-0.1, -0.05) is 6.92 Å². The van der Waals surface area contributed by atoms with E-state index in [2.05, 4.69) is 17.6 Å². The van der Waals surface area contributed by atoms with E-state index in [0.717, 1.165) is 25.9 Å². The average molecular weight is 292 g/mol. The Labute approximate surface area is 126 Å². The maximum absolute atomic E-state index is 12.4. The number of ether oxygens (including phenoxy) is 2. The van der Waals surface area contributed by atoms with Crippen molar-refractivity contribution in [1.29, 1.82) is 0 Å². The van der Waals surface area contributed by atoms with Crippen molar-refractivity contribution >= 4 is 5.91 Å². The van der Waals surface area contributed by atoms with Gasteiger partial charge in [0.05, 0.1) is 19.8 Å². The van der Waals surface area contributed by atoms with Gasteiger partial charge in [0.15, 0.2) is 0 Å². The Kier molecular flexibility index (Phi) is 5.07. The number of nitrogens with one attached hydrogen (secondary N) is 2. The molecule has 0 spiro atoms. The van der Waals surface area contributed by atoms with E-state index >= 15 is 0 Å². The second-order valence-electron chi connectivity index (χ2n) is 5.81. The van der Waals surface area contributed by atoms with E-state index in [9.17, 15) is 4.79 Å². The summed E-state index contributed by atoms with van der Waals surface area (Å²) >= 11 is 0. The molecule has 2 rings (SSSR count). The Morgan fingerprint density at radius 3 is 2.62 bits per heavy atom. The summed E-state index contributed by atoms with van der Waals surface area (Å²) in [6.07, 6.45) is 2.14. The zero-order valence-electron chi connectivity index (χ0n) is 13.0. The average Bonchev–Trinajstić information content (AvgIpc) is 2.52. The standard InChI is InChI=1S/C16H24N2O3/c1-16(6-8-17-9-7-16)11-18-15(19)13-10-12(20-2)4-5-14(13)21-3/h4-5,10,17H,6-9,11H2,1-3H3,(H,18,19). The fraction of sp³-hybridized carbons (Fsp3) is 0.562. The van der Waals surface area contributed by atoms with Crippen molar-refractivity contribution in [2.75, 3.05) is 33.9 Å². The van der Waals surface area contributed by atoms with Crippen molar-refractivity contribution in [3.8, 4) is 11.5 Å². The molecule has 0 atom stereocenters. The number of rotatable bonds is 5. The van der Waals surface area contributed by atoms with Crippen LogP contribution in [0.25, 0.3) is 0 Å². The number of carbonyl (C=O) groups is 1. The number of piperidine rings is 1. The van der Waals surface area contributed by atoms with Crippen molar-refractivity contribution in [2.45, 2.75) is 19.8 Å². The first-order chi connectivity index (χ1) is 10.1. The molecule has 116 valence electrons. The van der Waals surface area contributed by atoms with E-state index in [4.69, 9.17) is 9.47 Å². The summed E-state index contributed by atoms with van der Waals surface area (Å²) in [4.78, 5) is 12.4. The molecule has 1 aliphatic heterocycles. The van der Waals surface area contributed by atoms with Gasteiger partial charge in [0.1, 0.15) is 11.5 Å². The minimum absolute atomic E-state index is 0.120. The van der Waals surface area contributed by atoms with E-state index in [-0.39, 0.29) is 11.3 Å². The Morgan fingerprint density at radius 1 is 1.29 bits per heavy atom. The smallest absolute Gasteiger partial charge is 0.255 e. The zero-order chi connectivity index (χ0) is 15.3. The number of hydrogen-bond donors (Lipinski definition) is 2. The largest absolute Gasteiger partial charge is 0.497 e. The fourth-order valence-electron chi connectivity index (χ4n) is 2.59. The first-order valence-electron chi connectivity index (χ1n) is 7.29. The van der Waals surface area contributed by atoms with Crippen LogP contribution in [-0.4, -0.2) is 39.8 Å². The van der Waals surface area contributed by atoms with Crippen molar-refractivity contribution < 1.29 is 14.3 Å². The molecular formula is C16H24N2O3. The summed E-state index contributed by atoms with van der Waals surface area (Å²) in [7, 11) is 3.15. The molecule has 0 unspecified atom stereocenters. The van der Waals surface area contributed by atoms with Gasteiger partial charge in [-0.3, -0.25) is 4.79 Å². The highest BCUT2D eigenvalue weighted by Crippen LogP contribution is 2.28. The third kappa shape index (κ3) is 3.88. The van der Waals surface area contributed by atoms with Gasteiger partial charge in [-0.05, 0) is 49.5 Å². The first-order valence-corrected chi connectivity index (χ1v) is 7.29. The molecule has 21 heavy (non-hydrogen) atoms. The van der Waals surface area contributed by atoms with Crippen LogP contribution in [0, 0.1) is 5.41 Å². The highest BCUT2D eigenvalue weighted by molar-refractivity contribution is 5.97. The lowest BCUT2D eigenvalue weighted by molar-refractivity contribution is 0.0919. The minimum Gasteiger partial charge on any atom is -0.497 e. The topological polar surface area (TPSA) is 59.6 Å². The monoisotopic (exact) mass is 292 g/mol. The molecule has 0 bridgehead atoms. The number of amides is 1. The second-order valence-corrected chi connectivity index (χ2v) is 5.81. The van der Waals surface area contributed by atoms with E-state index in [0.29, 0.717) is 23.6 Å². The Hall–Kier alpha value is -1.75. The van der Waals surface area contributed by atoms with E-state index in [1.807, 2.05) is 0 Å². The van der Waals surface area contributed by atoms with Crippen LogP contribution in [0.3, 0.4) is 0 Å². The molecule has 1 amide bonds. The molecular weight excluding hydrogens is 268 g/mol. The first kappa shape index (κ1) is 15.6. The van der Waals surface area contributed by atoms with Crippen molar-refractivity contribution in [1.82, 2.24) is 10.6 Å². The fourth-order valence-corrected chi connectivity index (χ4v) is 2.59. The van der Waals surface area contributed by atoms with Crippen LogP contribution >= 0.6 is 0 Å².